The predicted octanol–water partition coefficient (Wildman–Crippen LogP) is 2.48. The number of guanidine groups is 1. The molecule has 4 N–H and O–H groups in total. The van der Waals surface area contributed by atoms with Gasteiger partial charge < -0.3 is 11.5 Å². The minimum atomic E-state index is -0.349. The van der Waals surface area contributed by atoms with Crippen LogP contribution in [0.15, 0.2) is 22.0 Å². The normalized spacial score (nSPS) is 20.1. The lowest BCUT2D eigenvalue weighted by Crippen LogP contribution is -2.24. The van der Waals surface area contributed by atoms with Gasteiger partial charge in [0.05, 0.1) is 29.1 Å². The number of hydrogen-bond donors (Lipinski definition) is 2. The van der Waals surface area contributed by atoms with Crippen LogP contribution in [0.5, 0.6) is 0 Å². The first kappa shape index (κ1) is 16.4. The number of halogens is 2. The standard InChI is InChI=1S/C12H13Cl2N3O3S/c1-19-20-21-9-3-5(13)2-7(10(9)14)6-4-8(6)11(18)17-12(15)16/h2-3,6,8H,4H2,1H3,(H4,15,16,17,18). The minimum absolute atomic E-state index is 0.0475. The molecule has 0 aliphatic heterocycles. The molecule has 0 aromatic heterocycles. The molecule has 1 aliphatic carbocycles. The lowest BCUT2D eigenvalue weighted by Gasteiger charge is -2.09. The van der Waals surface area contributed by atoms with Crippen molar-refractivity contribution < 1.29 is 14.0 Å². The fraction of sp³-hybridized carbons (Fsp3) is 0.333. The summed E-state index contributed by atoms with van der Waals surface area (Å²) in [5.74, 6) is -0.913. The molecular formula is C12H13Cl2N3O3S. The molecule has 114 valence electrons. The van der Waals surface area contributed by atoms with Crippen LogP contribution in [-0.4, -0.2) is 19.0 Å². The zero-order chi connectivity index (χ0) is 15.6. The van der Waals surface area contributed by atoms with E-state index in [1.165, 1.54) is 7.11 Å². The molecule has 2 rings (SSSR count). The average Bonchev–Trinajstić information content (AvgIpc) is 3.18. The third-order valence-corrected chi connectivity index (χ3v) is 4.43. The van der Waals surface area contributed by atoms with E-state index in [1.54, 1.807) is 12.1 Å². The highest BCUT2D eigenvalue weighted by Gasteiger charge is 2.45. The Hall–Kier alpha value is -0.990. The first-order chi connectivity index (χ1) is 9.93. The van der Waals surface area contributed by atoms with Crippen LogP contribution in [0.4, 0.5) is 0 Å². The zero-order valence-corrected chi connectivity index (χ0v) is 13.3. The number of hydrogen-bond acceptors (Lipinski definition) is 4. The summed E-state index contributed by atoms with van der Waals surface area (Å²) in [4.78, 5) is 20.5. The largest absolute Gasteiger partial charge is 0.370 e. The van der Waals surface area contributed by atoms with E-state index in [-0.39, 0.29) is 23.7 Å². The lowest BCUT2D eigenvalue weighted by molar-refractivity contribution is -0.160. The lowest BCUT2D eigenvalue weighted by atomic mass is 10.1. The summed E-state index contributed by atoms with van der Waals surface area (Å²) in [6.07, 6.45) is 0.630. The van der Waals surface area contributed by atoms with Gasteiger partial charge in [-0.15, -0.1) is 0 Å². The molecule has 1 saturated carbocycles. The van der Waals surface area contributed by atoms with Crippen molar-refractivity contribution in [2.45, 2.75) is 17.2 Å². The van der Waals surface area contributed by atoms with Crippen molar-refractivity contribution in [3.05, 3.63) is 27.7 Å². The van der Waals surface area contributed by atoms with E-state index in [0.717, 1.165) is 17.6 Å². The van der Waals surface area contributed by atoms with Gasteiger partial charge in [0.25, 0.3) is 5.91 Å². The number of carbonyl (C=O) groups is 1. The van der Waals surface area contributed by atoms with Gasteiger partial charge in [0, 0.05) is 10.9 Å². The maximum atomic E-state index is 11.8. The Morgan fingerprint density at radius 1 is 1.43 bits per heavy atom. The van der Waals surface area contributed by atoms with Gasteiger partial charge in [-0.25, -0.2) is 4.89 Å². The van der Waals surface area contributed by atoms with Crippen LogP contribution in [0, 0.1) is 5.92 Å². The van der Waals surface area contributed by atoms with Gasteiger partial charge in [-0.1, -0.05) is 23.2 Å². The fourth-order valence-electron chi connectivity index (χ4n) is 2.01. The highest BCUT2D eigenvalue weighted by atomic mass is 35.5. The third kappa shape index (κ3) is 4.02. The number of rotatable bonds is 5. The van der Waals surface area contributed by atoms with Gasteiger partial charge in [-0.2, -0.15) is 9.33 Å². The molecule has 6 nitrogen and oxygen atoms in total. The van der Waals surface area contributed by atoms with Crippen LogP contribution >= 0.6 is 35.2 Å². The molecule has 0 saturated heterocycles. The summed E-state index contributed by atoms with van der Waals surface area (Å²) in [6, 6.07) is 3.39. The van der Waals surface area contributed by atoms with Gasteiger partial charge in [0.1, 0.15) is 0 Å². The molecule has 0 bridgehead atoms. The van der Waals surface area contributed by atoms with Crippen LogP contribution < -0.4 is 11.5 Å². The van der Waals surface area contributed by atoms with Gasteiger partial charge in [-0.05, 0) is 30.0 Å². The molecule has 2 atom stereocenters. The van der Waals surface area contributed by atoms with Crippen molar-refractivity contribution in [1.82, 2.24) is 0 Å². The van der Waals surface area contributed by atoms with Gasteiger partial charge in [-0.3, -0.25) is 4.79 Å². The van der Waals surface area contributed by atoms with E-state index in [9.17, 15) is 4.79 Å². The quantitative estimate of drug-likeness (QED) is 0.278. The highest BCUT2D eigenvalue weighted by molar-refractivity contribution is 7.94. The van der Waals surface area contributed by atoms with Crippen molar-refractivity contribution in [2.75, 3.05) is 7.11 Å². The highest BCUT2D eigenvalue weighted by Crippen LogP contribution is 2.52. The second-order valence-corrected chi connectivity index (χ2v) is 6.01. The molecule has 2 unspecified atom stereocenters. The van der Waals surface area contributed by atoms with E-state index in [0.29, 0.717) is 21.4 Å². The average molecular weight is 350 g/mol. The SMILES string of the molecule is COOSc1cc(Cl)cc(C2CC2C(=O)N=C(N)N)c1Cl. The first-order valence-electron chi connectivity index (χ1n) is 5.93. The third-order valence-electron chi connectivity index (χ3n) is 2.97. The molecule has 21 heavy (non-hydrogen) atoms. The number of carbonyl (C=O) groups excluding carboxylic acids is 1. The fourth-order valence-corrected chi connectivity index (χ4v) is 3.15. The van der Waals surface area contributed by atoms with E-state index in [4.69, 9.17) is 39.0 Å². The van der Waals surface area contributed by atoms with Gasteiger partial charge in [0.15, 0.2) is 5.96 Å². The summed E-state index contributed by atoms with van der Waals surface area (Å²) in [5.41, 5.74) is 11.2. The number of aliphatic imine (C=N–C) groups is 1. The molecule has 0 heterocycles. The summed E-state index contributed by atoms with van der Waals surface area (Å²) >= 11 is 13.3. The number of nitrogens with zero attached hydrogens (tertiary/aromatic N) is 1. The summed E-state index contributed by atoms with van der Waals surface area (Å²) in [5, 5.41) is 0.975. The van der Waals surface area contributed by atoms with Crippen molar-refractivity contribution in [2.24, 2.45) is 22.4 Å². The van der Waals surface area contributed by atoms with E-state index >= 15 is 0 Å². The maximum Gasteiger partial charge on any atom is 0.252 e. The van der Waals surface area contributed by atoms with Crippen LogP contribution in [0.1, 0.15) is 17.9 Å². The van der Waals surface area contributed by atoms with Crippen LogP contribution in [0.25, 0.3) is 0 Å². The molecule has 1 aromatic carbocycles. The Morgan fingerprint density at radius 3 is 2.76 bits per heavy atom. The summed E-state index contributed by atoms with van der Waals surface area (Å²) in [6.45, 7) is 0. The van der Waals surface area contributed by atoms with E-state index in [2.05, 4.69) is 9.88 Å². The van der Waals surface area contributed by atoms with Gasteiger partial charge >= 0.3 is 0 Å². The molecule has 0 radical (unpaired) electrons. The molecular weight excluding hydrogens is 337 g/mol. The minimum Gasteiger partial charge on any atom is -0.370 e. The molecule has 1 fully saturated rings. The topological polar surface area (TPSA) is 99.9 Å². The Balaban J connectivity index is 2.20. The molecule has 1 aromatic rings. The molecule has 1 aliphatic rings. The smallest absolute Gasteiger partial charge is 0.252 e. The second-order valence-electron chi connectivity index (χ2n) is 4.45. The predicted molar refractivity (Wildman–Crippen MR) is 82.1 cm³/mol. The van der Waals surface area contributed by atoms with E-state index < -0.39 is 0 Å². The Kier molecular flexibility index (Phi) is 5.34. The maximum absolute atomic E-state index is 11.8. The van der Waals surface area contributed by atoms with Crippen LogP contribution in [0.2, 0.25) is 10.0 Å². The van der Waals surface area contributed by atoms with Crippen molar-refractivity contribution >= 4 is 47.1 Å². The van der Waals surface area contributed by atoms with Crippen molar-refractivity contribution in [3.8, 4) is 0 Å². The Morgan fingerprint density at radius 2 is 2.14 bits per heavy atom. The van der Waals surface area contributed by atoms with Crippen LogP contribution in [-0.2, 0) is 14.0 Å². The monoisotopic (exact) mass is 349 g/mol. The molecule has 1 amide bonds. The van der Waals surface area contributed by atoms with Crippen LogP contribution in [0.3, 0.4) is 0 Å². The van der Waals surface area contributed by atoms with E-state index in [1.807, 2.05) is 0 Å². The second kappa shape index (κ2) is 6.85. The van der Waals surface area contributed by atoms with Crippen molar-refractivity contribution in [3.63, 3.8) is 0 Å². The summed E-state index contributed by atoms with van der Waals surface area (Å²) in [7, 11) is 1.39. The zero-order valence-electron chi connectivity index (χ0n) is 11.0. The van der Waals surface area contributed by atoms with Gasteiger partial charge in [0.2, 0.25) is 0 Å². The number of amides is 1. The number of nitrogens with two attached hydrogens (primary N) is 2. The Bertz CT molecular complexity index is 593. The Labute approximate surface area is 135 Å². The molecule has 0 spiro atoms. The number of benzene rings is 1. The summed E-state index contributed by atoms with van der Waals surface area (Å²) < 4.78 is 4.79. The van der Waals surface area contributed by atoms with Crippen molar-refractivity contribution in [1.29, 1.82) is 0 Å². The first-order valence-corrected chi connectivity index (χ1v) is 7.43. The molecule has 9 heteroatoms.